The molecular weight excluding hydrogens is 418 g/mol. The maximum Gasteiger partial charge on any atom is 0.291 e. The summed E-state index contributed by atoms with van der Waals surface area (Å²) in [4.78, 5) is 12.4. The first kappa shape index (κ1) is 18.5. The fourth-order valence-corrected chi connectivity index (χ4v) is 3.23. The second-order valence-electron chi connectivity index (χ2n) is 5.85. The third-order valence-corrected chi connectivity index (χ3v) is 4.66. The fraction of sp³-hybridized carbons (Fsp3) is 0.150. The van der Waals surface area contributed by atoms with Gasteiger partial charge in [0.25, 0.3) is 5.91 Å². The zero-order valence-electron chi connectivity index (χ0n) is 14.3. The molecule has 2 aromatic carbocycles. The third kappa shape index (κ3) is 4.29. The number of ether oxygens (including phenoxy) is 1. The molecule has 0 saturated carbocycles. The van der Waals surface area contributed by atoms with Crippen molar-refractivity contribution in [3.8, 4) is 5.75 Å². The van der Waals surface area contributed by atoms with Gasteiger partial charge in [-0.1, -0.05) is 45.7 Å². The minimum absolute atomic E-state index is 0.179. The normalized spacial score (nSPS) is 10.6. The van der Waals surface area contributed by atoms with Crippen LogP contribution in [0.2, 0.25) is 5.02 Å². The smallest absolute Gasteiger partial charge is 0.291 e. The van der Waals surface area contributed by atoms with E-state index in [0.29, 0.717) is 16.5 Å². The Hall–Kier alpha value is -2.24. The largest absolute Gasteiger partial charge is 0.484 e. The van der Waals surface area contributed by atoms with Crippen LogP contribution in [0.3, 0.4) is 0 Å². The predicted octanol–water partition coefficient (Wildman–Crippen LogP) is 6.14. The molecule has 0 aliphatic heterocycles. The van der Waals surface area contributed by atoms with Crippen LogP contribution in [0.15, 0.2) is 57.4 Å². The molecule has 0 spiro atoms. The Bertz CT molecular complexity index is 932. The van der Waals surface area contributed by atoms with Gasteiger partial charge in [0.2, 0.25) is 0 Å². The van der Waals surface area contributed by atoms with Crippen molar-refractivity contribution < 1.29 is 13.9 Å². The van der Waals surface area contributed by atoms with E-state index in [2.05, 4.69) is 21.2 Å². The lowest BCUT2D eigenvalue weighted by molar-refractivity contribution is 0.0992. The number of carbonyl (C=O) groups excluding carboxylic acids is 1. The van der Waals surface area contributed by atoms with Gasteiger partial charge < -0.3 is 14.5 Å². The summed E-state index contributed by atoms with van der Waals surface area (Å²) in [6, 6.07) is 14.6. The summed E-state index contributed by atoms with van der Waals surface area (Å²) in [6.07, 6.45) is 0. The van der Waals surface area contributed by atoms with E-state index in [1.807, 2.05) is 38.1 Å². The monoisotopic (exact) mass is 433 g/mol. The summed E-state index contributed by atoms with van der Waals surface area (Å²) in [5, 5.41) is 3.40. The third-order valence-electron chi connectivity index (χ3n) is 3.87. The predicted molar refractivity (Wildman–Crippen MR) is 106 cm³/mol. The number of hydrogen-bond donors (Lipinski definition) is 1. The number of benzene rings is 2. The highest BCUT2D eigenvalue weighted by molar-refractivity contribution is 9.10. The molecule has 3 rings (SSSR count). The first-order valence-electron chi connectivity index (χ1n) is 7.98. The maximum absolute atomic E-state index is 12.4. The lowest BCUT2D eigenvalue weighted by atomic mass is 10.1. The summed E-state index contributed by atoms with van der Waals surface area (Å²) < 4.78 is 12.1. The van der Waals surface area contributed by atoms with Gasteiger partial charge in [-0.15, -0.1) is 0 Å². The highest BCUT2D eigenvalue weighted by Gasteiger charge is 2.14. The Morgan fingerprint density at radius 1 is 1.15 bits per heavy atom. The van der Waals surface area contributed by atoms with E-state index in [4.69, 9.17) is 20.8 Å². The van der Waals surface area contributed by atoms with Crippen molar-refractivity contribution in [2.24, 2.45) is 0 Å². The molecule has 0 aliphatic rings. The van der Waals surface area contributed by atoms with Crippen molar-refractivity contribution >= 4 is 39.1 Å². The maximum atomic E-state index is 12.4. The van der Waals surface area contributed by atoms with Crippen LogP contribution < -0.4 is 10.1 Å². The number of para-hydroxylation sites is 1. The topological polar surface area (TPSA) is 51.5 Å². The number of hydrogen-bond acceptors (Lipinski definition) is 3. The summed E-state index contributed by atoms with van der Waals surface area (Å²) in [5.41, 5.74) is 2.80. The number of anilines is 1. The van der Waals surface area contributed by atoms with Gasteiger partial charge in [0, 0.05) is 10.2 Å². The van der Waals surface area contributed by atoms with E-state index in [-0.39, 0.29) is 18.3 Å². The molecule has 4 nitrogen and oxygen atoms in total. The number of aryl methyl sites for hydroxylation is 2. The molecule has 1 heterocycles. The van der Waals surface area contributed by atoms with E-state index >= 15 is 0 Å². The van der Waals surface area contributed by atoms with Gasteiger partial charge in [-0.25, -0.2) is 0 Å². The van der Waals surface area contributed by atoms with E-state index in [1.165, 1.54) is 0 Å². The first-order valence-corrected chi connectivity index (χ1v) is 9.15. The number of carbonyl (C=O) groups is 1. The Morgan fingerprint density at radius 3 is 2.58 bits per heavy atom. The summed E-state index contributed by atoms with van der Waals surface area (Å²) >= 11 is 9.47. The molecule has 0 bridgehead atoms. The molecule has 1 N–H and O–H groups in total. The van der Waals surface area contributed by atoms with Gasteiger partial charge in [-0.2, -0.15) is 0 Å². The highest BCUT2D eigenvalue weighted by Crippen LogP contribution is 2.28. The molecule has 0 fully saturated rings. The standard InChI is InChI=1S/C20H17BrClNO3/c1-12-4-3-5-13(2)19(12)23-20(24)18-9-7-15(26-18)11-25-17-8-6-14(21)10-16(17)22/h3-10H,11H2,1-2H3,(H,23,24). The molecule has 0 aliphatic carbocycles. The van der Waals surface area contributed by atoms with Gasteiger partial charge in [0.1, 0.15) is 18.1 Å². The van der Waals surface area contributed by atoms with Crippen LogP contribution in [0.1, 0.15) is 27.4 Å². The number of furan rings is 1. The zero-order chi connectivity index (χ0) is 18.7. The van der Waals surface area contributed by atoms with Crippen molar-refractivity contribution in [3.05, 3.63) is 80.7 Å². The van der Waals surface area contributed by atoms with Crippen LogP contribution in [-0.4, -0.2) is 5.91 Å². The number of amides is 1. The quantitative estimate of drug-likeness (QED) is 0.524. The molecule has 6 heteroatoms. The lowest BCUT2D eigenvalue weighted by Gasteiger charge is -2.10. The number of nitrogens with one attached hydrogen (secondary N) is 1. The molecule has 0 atom stereocenters. The summed E-state index contributed by atoms with van der Waals surface area (Å²) in [7, 11) is 0. The van der Waals surface area contributed by atoms with E-state index in [0.717, 1.165) is 21.3 Å². The fourth-order valence-electron chi connectivity index (χ4n) is 2.51. The number of rotatable bonds is 5. The van der Waals surface area contributed by atoms with Gasteiger partial charge >= 0.3 is 0 Å². The first-order chi connectivity index (χ1) is 12.4. The summed E-state index contributed by atoms with van der Waals surface area (Å²) in [5.74, 6) is 1.02. The minimum Gasteiger partial charge on any atom is -0.484 e. The van der Waals surface area contributed by atoms with E-state index in [1.54, 1.807) is 24.3 Å². The van der Waals surface area contributed by atoms with Crippen LogP contribution in [0.5, 0.6) is 5.75 Å². The Balaban J connectivity index is 1.66. The van der Waals surface area contributed by atoms with Gasteiger partial charge in [0.05, 0.1) is 5.02 Å². The highest BCUT2D eigenvalue weighted by atomic mass is 79.9. The summed E-state index contributed by atoms with van der Waals surface area (Å²) in [6.45, 7) is 4.08. The van der Waals surface area contributed by atoms with E-state index < -0.39 is 0 Å². The van der Waals surface area contributed by atoms with Crippen LogP contribution in [0, 0.1) is 13.8 Å². The van der Waals surface area contributed by atoms with Crippen LogP contribution in [0.25, 0.3) is 0 Å². The zero-order valence-corrected chi connectivity index (χ0v) is 16.6. The minimum atomic E-state index is -0.296. The van der Waals surface area contributed by atoms with Crippen molar-refractivity contribution in [1.82, 2.24) is 0 Å². The van der Waals surface area contributed by atoms with Crippen LogP contribution in [-0.2, 0) is 6.61 Å². The van der Waals surface area contributed by atoms with Gasteiger partial charge in [-0.05, 0) is 55.3 Å². The van der Waals surface area contributed by atoms with Crippen molar-refractivity contribution in [2.75, 3.05) is 5.32 Å². The van der Waals surface area contributed by atoms with Crippen molar-refractivity contribution in [1.29, 1.82) is 0 Å². The number of halogens is 2. The molecule has 1 aromatic heterocycles. The SMILES string of the molecule is Cc1cccc(C)c1NC(=O)c1ccc(COc2ccc(Br)cc2Cl)o1. The second kappa shape index (κ2) is 7.98. The molecule has 0 radical (unpaired) electrons. The molecule has 26 heavy (non-hydrogen) atoms. The molecule has 3 aromatic rings. The Kier molecular flexibility index (Phi) is 5.69. The second-order valence-corrected chi connectivity index (χ2v) is 7.17. The van der Waals surface area contributed by atoms with Crippen molar-refractivity contribution in [2.45, 2.75) is 20.5 Å². The Labute approximate surface area is 165 Å². The van der Waals surface area contributed by atoms with Gasteiger partial charge in [-0.3, -0.25) is 4.79 Å². The lowest BCUT2D eigenvalue weighted by Crippen LogP contribution is -2.13. The van der Waals surface area contributed by atoms with Crippen molar-refractivity contribution in [3.63, 3.8) is 0 Å². The average Bonchev–Trinajstić information content (AvgIpc) is 3.06. The van der Waals surface area contributed by atoms with Crippen LogP contribution in [0.4, 0.5) is 5.69 Å². The van der Waals surface area contributed by atoms with E-state index in [9.17, 15) is 4.79 Å². The van der Waals surface area contributed by atoms with Crippen LogP contribution >= 0.6 is 27.5 Å². The molecule has 0 saturated heterocycles. The average molecular weight is 435 g/mol. The van der Waals surface area contributed by atoms with Gasteiger partial charge in [0.15, 0.2) is 5.76 Å². The Morgan fingerprint density at radius 2 is 1.88 bits per heavy atom. The molecule has 134 valence electrons. The molecule has 0 unspecified atom stereocenters. The molecular formula is C20H17BrClNO3. The molecule has 1 amide bonds.